The molecule has 0 amide bonds. The third-order valence-electron chi connectivity index (χ3n) is 1.44. The number of halogens is 2. The van der Waals surface area contributed by atoms with E-state index in [9.17, 15) is 8.78 Å². The maximum atomic E-state index is 12.5. The van der Waals surface area contributed by atoms with Crippen molar-refractivity contribution in [3.63, 3.8) is 0 Å². The van der Waals surface area contributed by atoms with E-state index in [4.69, 9.17) is 0 Å². The fourth-order valence-corrected chi connectivity index (χ4v) is 0.968. The Labute approximate surface area is 94.3 Å². The van der Waals surface area contributed by atoms with Gasteiger partial charge in [0.2, 0.25) is 0 Å². The fourth-order valence-electron chi connectivity index (χ4n) is 0.776. The van der Waals surface area contributed by atoms with Crippen LogP contribution in [0.3, 0.4) is 0 Å². The average molecular weight is 234 g/mol. The molecule has 0 saturated heterocycles. The van der Waals surface area contributed by atoms with Crippen LogP contribution in [0.1, 0.15) is 38.8 Å². The maximum Gasteiger partial charge on any atom is 0.283 e. The van der Waals surface area contributed by atoms with Crippen molar-refractivity contribution in [2.24, 2.45) is 0 Å². The quantitative estimate of drug-likeness (QED) is 0.602. The van der Waals surface area contributed by atoms with E-state index in [1.165, 1.54) is 21.4 Å². The van der Waals surface area contributed by atoms with Crippen molar-refractivity contribution in [3.8, 4) is 0 Å². The van der Waals surface area contributed by atoms with Crippen molar-refractivity contribution in [2.75, 3.05) is 0 Å². The Morgan fingerprint density at radius 1 is 0.933 bits per heavy atom. The lowest BCUT2D eigenvalue weighted by Crippen LogP contribution is -2.01. The first-order chi connectivity index (χ1) is 7.00. The van der Waals surface area contributed by atoms with E-state index < -0.39 is 5.66 Å². The van der Waals surface area contributed by atoms with E-state index in [1.54, 1.807) is 12.1 Å². The summed E-state index contributed by atoms with van der Waals surface area (Å²) in [6, 6.07) is 6.21. The first-order valence-corrected chi connectivity index (χ1v) is 5.82. The second kappa shape index (κ2) is 8.79. The third kappa shape index (κ3) is 7.44. The van der Waals surface area contributed by atoms with E-state index in [2.05, 4.69) is 0 Å². The van der Waals surface area contributed by atoms with Gasteiger partial charge in [-0.25, -0.2) is 0 Å². The van der Waals surface area contributed by atoms with Gasteiger partial charge in [0.05, 0.1) is 0 Å². The summed E-state index contributed by atoms with van der Waals surface area (Å²) in [4.78, 5) is 0. The van der Waals surface area contributed by atoms with Gasteiger partial charge in [-0.2, -0.15) is 8.78 Å². The molecule has 0 aliphatic carbocycles. The van der Waals surface area contributed by atoms with Gasteiger partial charge in [-0.15, -0.1) is 0 Å². The van der Waals surface area contributed by atoms with Crippen LogP contribution in [0.5, 0.6) is 0 Å². The minimum Gasteiger partial charge on any atom is -0.197 e. The van der Waals surface area contributed by atoms with Crippen LogP contribution >= 0.6 is 9.24 Å². The molecule has 0 bridgehead atoms. The summed E-state index contributed by atoms with van der Waals surface area (Å²) < 4.78 is 25.1. The Bertz CT molecular complexity index is 237. The van der Waals surface area contributed by atoms with Crippen LogP contribution in [0, 0.1) is 6.92 Å². The number of hydrogen-bond acceptors (Lipinski definition) is 0. The van der Waals surface area contributed by atoms with E-state index in [-0.39, 0.29) is 5.56 Å². The number of hydrogen-bond donors (Lipinski definition) is 0. The standard InChI is InChI=1S/C8H9F2P.2C2H6/c1-6-2-4-7(5-3-6)8(9,10)11;2*1-2/h2-5H,11H2,1H3;2*1-2H3. The Kier molecular flexibility index (Phi) is 9.92. The van der Waals surface area contributed by atoms with Crippen LogP contribution in [-0.2, 0) is 5.66 Å². The zero-order valence-electron chi connectivity index (χ0n) is 10.1. The monoisotopic (exact) mass is 234 g/mol. The average Bonchev–Trinajstić information content (AvgIpc) is 2.23. The van der Waals surface area contributed by atoms with Crippen molar-refractivity contribution in [2.45, 2.75) is 40.3 Å². The molecule has 1 aromatic rings. The Hall–Kier alpha value is -0.490. The smallest absolute Gasteiger partial charge is 0.197 e. The van der Waals surface area contributed by atoms with Gasteiger partial charge in [0.25, 0.3) is 5.66 Å². The topological polar surface area (TPSA) is 0 Å². The van der Waals surface area contributed by atoms with E-state index in [0.29, 0.717) is 0 Å². The van der Waals surface area contributed by atoms with E-state index in [1.807, 2.05) is 34.6 Å². The highest BCUT2D eigenvalue weighted by atomic mass is 31.0. The Morgan fingerprint density at radius 2 is 1.27 bits per heavy atom. The number of aryl methyl sites for hydroxylation is 1. The molecular formula is C12H21F2P. The van der Waals surface area contributed by atoms with Crippen LogP contribution < -0.4 is 0 Å². The molecule has 15 heavy (non-hydrogen) atoms. The molecule has 0 heterocycles. The first kappa shape index (κ1) is 16.9. The molecule has 0 N–H and O–H groups in total. The highest BCUT2D eigenvalue weighted by Crippen LogP contribution is 2.34. The maximum absolute atomic E-state index is 12.5. The minimum absolute atomic E-state index is 0.0353. The lowest BCUT2D eigenvalue weighted by Gasteiger charge is -2.09. The molecule has 1 rings (SSSR count). The zero-order valence-corrected chi connectivity index (χ0v) is 11.3. The molecule has 0 fully saturated rings. The van der Waals surface area contributed by atoms with Gasteiger partial charge in [0.1, 0.15) is 0 Å². The Balaban J connectivity index is 0. The number of rotatable bonds is 1. The molecule has 0 aromatic heterocycles. The van der Waals surface area contributed by atoms with Gasteiger partial charge < -0.3 is 0 Å². The summed E-state index contributed by atoms with van der Waals surface area (Å²) in [5, 5.41) is 0. The summed E-state index contributed by atoms with van der Waals surface area (Å²) in [5.74, 6) is 0. The molecule has 0 saturated carbocycles. The molecule has 0 nitrogen and oxygen atoms in total. The largest absolute Gasteiger partial charge is 0.283 e. The Morgan fingerprint density at radius 3 is 1.53 bits per heavy atom. The van der Waals surface area contributed by atoms with Crippen LogP contribution in [0.25, 0.3) is 0 Å². The van der Waals surface area contributed by atoms with Gasteiger partial charge in [-0.3, -0.25) is 0 Å². The molecule has 1 unspecified atom stereocenters. The van der Waals surface area contributed by atoms with Crippen LogP contribution in [0.2, 0.25) is 0 Å². The number of benzene rings is 1. The summed E-state index contributed by atoms with van der Waals surface area (Å²) in [5.41, 5.74) is -1.77. The van der Waals surface area contributed by atoms with Gasteiger partial charge in [-0.05, 0) is 6.92 Å². The third-order valence-corrected chi connectivity index (χ3v) is 1.77. The summed E-state index contributed by atoms with van der Waals surface area (Å²) >= 11 is 0. The predicted molar refractivity (Wildman–Crippen MR) is 67.5 cm³/mol. The minimum atomic E-state index is -2.80. The van der Waals surface area contributed by atoms with Crippen molar-refractivity contribution < 1.29 is 8.78 Å². The fraction of sp³-hybridized carbons (Fsp3) is 0.500. The van der Waals surface area contributed by atoms with Crippen molar-refractivity contribution >= 4 is 9.24 Å². The number of alkyl halides is 2. The highest BCUT2D eigenvalue weighted by Gasteiger charge is 2.23. The molecule has 0 spiro atoms. The van der Waals surface area contributed by atoms with E-state index in [0.717, 1.165) is 5.56 Å². The van der Waals surface area contributed by atoms with Crippen LogP contribution in [0.15, 0.2) is 24.3 Å². The predicted octanol–water partition coefficient (Wildman–Crippen LogP) is 4.97. The molecule has 0 aliphatic rings. The molecule has 1 aromatic carbocycles. The molecule has 88 valence electrons. The molecule has 0 aliphatic heterocycles. The summed E-state index contributed by atoms with van der Waals surface area (Å²) in [6.45, 7) is 9.87. The SMILES string of the molecule is CC.CC.Cc1ccc(C(F)(F)P)cc1. The lowest BCUT2D eigenvalue weighted by atomic mass is 10.2. The van der Waals surface area contributed by atoms with Gasteiger partial charge >= 0.3 is 0 Å². The van der Waals surface area contributed by atoms with Crippen LogP contribution in [-0.4, -0.2) is 0 Å². The molecule has 3 heteroatoms. The van der Waals surface area contributed by atoms with Crippen molar-refractivity contribution in [1.29, 1.82) is 0 Å². The second-order valence-electron chi connectivity index (χ2n) is 2.49. The zero-order chi connectivity index (χ0) is 12.5. The molecular weight excluding hydrogens is 213 g/mol. The van der Waals surface area contributed by atoms with Gasteiger partial charge in [0, 0.05) is 5.56 Å². The summed E-state index contributed by atoms with van der Waals surface area (Å²) in [7, 11) is 1.51. The normalized spacial score (nSPS) is 9.33. The summed E-state index contributed by atoms with van der Waals surface area (Å²) in [6.07, 6.45) is 0. The van der Waals surface area contributed by atoms with Crippen molar-refractivity contribution in [3.05, 3.63) is 35.4 Å². The lowest BCUT2D eigenvalue weighted by molar-refractivity contribution is 0.104. The van der Waals surface area contributed by atoms with Gasteiger partial charge in [-0.1, -0.05) is 66.8 Å². The van der Waals surface area contributed by atoms with Gasteiger partial charge in [0.15, 0.2) is 0 Å². The van der Waals surface area contributed by atoms with E-state index >= 15 is 0 Å². The molecule has 0 radical (unpaired) electrons. The van der Waals surface area contributed by atoms with Crippen molar-refractivity contribution in [1.82, 2.24) is 0 Å². The van der Waals surface area contributed by atoms with Crippen LogP contribution in [0.4, 0.5) is 8.78 Å². The first-order valence-electron chi connectivity index (χ1n) is 5.24. The molecule has 1 atom stereocenters. The second-order valence-corrected chi connectivity index (χ2v) is 3.21. The highest BCUT2D eigenvalue weighted by molar-refractivity contribution is 7.17.